The number of rotatable bonds is 4. The molecule has 1 aromatic heterocycles. The molecule has 6 nitrogen and oxygen atoms in total. The number of amides is 1. The Morgan fingerprint density at radius 1 is 1.56 bits per heavy atom. The summed E-state index contributed by atoms with van der Waals surface area (Å²) in [4.78, 5) is 20.0. The molecule has 1 fully saturated rings. The van der Waals surface area contributed by atoms with Crippen LogP contribution in [0.3, 0.4) is 0 Å². The Morgan fingerprint density at radius 3 is 3.17 bits per heavy atom. The molecule has 0 bridgehead atoms. The van der Waals surface area contributed by atoms with Gasteiger partial charge in [0.05, 0.1) is 19.0 Å². The molecule has 1 aromatic rings. The molecule has 1 unspecified atom stereocenters. The Balaban J connectivity index is 1.86. The summed E-state index contributed by atoms with van der Waals surface area (Å²) in [5, 5.41) is 5.72. The predicted octanol–water partition coefficient (Wildman–Crippen LogP) is 0.675. The molecule has 18 heavy (non-hydrogen) atoms. The fraction of sp³-hybridized carbons (Fsp3) is 0.583. The molecule has 0 spiro atoms. The molecule has 1 aliphatic rings. The van der Waals surface area contributed by atoms with Gasteiger partial charge < -0.3 is 15.4 Å². The van der Waals surface area contributed by atoms with Crippen molar-refractivity contribution >= 4 is 11.7 Å². The number of anilines is 1. The molecule has 1 aliphatic heterocycles. The quantitative estimate of drug-likeness (QED) is 0.821. The summed E-state index contributed by atoms with van der Waals surface area (Å²) in [5.41, 5.74) is 0.332. The van der Waals surface area contributed by atoms with Crippen LogP contribution >= 0.6 is 0 Å². The Hall–Kier alpha value is -1.69. The van der Waals surface area contributed by atoms with Crippen LogP contribution in [0.4, 0.5) is 5.82 Å². The molecular formula is C12H18N4O2. The number of hydrogen-bond acceptors (Lipinski definition) is 5. The maximum Gasteiger partial charge on any atom is 0.271 e. The van der Waals surface area contributed by atoms with Crippen molar-refractivity contribution in [3.05, 3.63) is 18.1 Å². The third-order valence-corrected chi connectivity index (χ3v) is 2.93. The number of hydrogen-bond donors (Lipinski definition) is 2. The fourth-order valence-corrected chi connectivity index (χ4v) is 1.89. The second-order valence-electron chi connectivity index (χ2n) is 4.33. The molecule has 0 aromatic carbocycles. The van der Waals surface area contributed by atoms with E-state index in [-0.39, 0.29) is 5.91 Å². The van der Waals surface area contributed by atoms with Crippen molar-refractivity contribution in [3.63, 3.8) is 0 Å². The van der Waals surface area contributed by atoms with Gasteiger partial charge in [0.2, 0.25) is 0 Å². The molecule has 1 amide bonds. The highest BCUT2D eigenvalue weighted by Gasteiger charge is 2.16. The summed E-state index contributed by atoms with van der Waals surface area (Å²) in [6, 6.07) is 0. The Bertz CT molecular complexity index is 405. The third-order valence-electron chi connectivity index (χ3n) is 2.93. The summed E-state index contributed by atoms with van der Waals surface area (Å²) in [6.45, 7) is 2.19. The van der Waals surface area contributed by atoms with Crippen LogP contribution in [0.2, 0.25) is 0 Å². The van der Waals surface area contributed by atoms with Gasteiger partial charge in [-0.05, 0) is 18.8 Å². The lowest BCUT2D eigenvalue weighted by molar-refractivity contribution is 0.0535. The highest BCUT2D eigenvalue weighted by molar-refractivity contribution is 5.92. The van der Waals surface area contributed by atoms with Gasteiger partial charge in [0.25, 0.3) is 5.91 Å². The Morgan fingerprint density at radius 2 is 2.44 bits per heavy atom. The minimum Gasteiger partial charge on any atom is -0.381 e. The average molecular weight is 250 g/mol. The van der Waals surface area contributed by atoms with Gasteiger partial charge in [-0.1, -0.05) is 0 Å². The minimum absolute atomic E-state index is 0.190. The highest BCUT2D eigenvalue weighted by atomic mass is 16.5. The largest absolute Gasteiger partial charge is 0.381 e. The van der Waals surface area contributed by atoms with E-state index in [0.29, 0.717) is 24.0 Å². The van der Waals surface area contributed by atoms with Crippen molar-refractivity contribution in [1.82, 2.24) is 15.3 Å². The van der Waals surface area contributed by atoms with Gasteiger partial charge >= 0.3 is 0 Å². The van der Waals surface area contributed by atoms with Crippen LogP contribution in [0.25, 0.3) is 0 Å². The van der Waals surface area contributed by atoms with Crippen LogP contribution in [-0.4, -0.2) is 42.7 Å². The second-order valence-corrected chi connectivity index (χ2v) is 4.33. The van der Waals surface area contributed by atoms with Gasteiger partial charge in [-0.3, -0.25) is 9.78 Å². The smallest absolute Gasteiger partial charge is 0.271 e. The van der Waals surface area contributed by atoms with Crippen LogP contribution in [0.1, 0.15) is 23.3 Å². The van der Waals surface area contributed by atoms with Crippen LogP contribution < -0.4 is 10.6 Å². The van der Waals surface area contributed by atoms with E-state index in [9.17, 15) is 4.79 Å². The molecule has 0 saturated carbocycles. The zero-order chi connectivity index (χ0) is 12.8. The zero-order valence-electron chi connectivity index (χ0n) is 10.5. The monoisotopic (exact) mass is 250 g/mol. The van der Waals surface area contributed by atoms with Crippen molar-refractivity contribution in [2.45, 2.75) is 12.8 Å². The van der Waals surface area contributed by atoms with Crippen LogP contribution in [0.5, 0.6) is 0 Å². The van der Waals surface area contributed by atoms with Gasteiger partial charge in [-0.2, -0.15) is 0 Å². The second kappa shape index (κ2) is 6.30. The summed E-state index contributed by atoms with van der Waals surface area (Å²) >= 11 is 0. The number of carbonyl (C=O) groups excluding carboxylic acids is 1. The first-order chi connectivity index (χ1) is 8.79. The molecule has 1 saturated heterocycles. The summed E-state index contributed by atoms with van der Waals surface area (Å²) in [7, 11) is 1.74. The van der Waals surface area contributed by atoms with E-state index in [1.807, 2.05) is 0 Å². The molecule has 98 valence electrons. The standard InChI is InChI=1S/C12H18N4O2/c1-13-11-7-14-6-10(16-11)12(17)15-5-9-3-2-4-18-8-9/h6-7,9H,2-5,8H2,1H3,(H,13,16)(H,15,17). The number of ether oxygens (including phenoxy) is 1. The van der Waals surface area contributed by atoms with Gasteiger partial charge in [0, 0.05) is 20.2 Å². The number of carbonyl (C=O) groups is 1. The van der Waals surface area contributed by atoms with Crippen LogP contribution in [-0.2, 0) is 4.74 Å². The van der Waals surface area contributed by atoms with E-state index in [4.69, 9.17) is 4.74 Å². The SMILES string of the molecule is CNc1cncc(C(=O)NCC2CCCOC2)n1. The topological polar surface area (TPSA) is 76.1 Å². The van der Waals surface area contributed by atoms with Crippen LogP contribution in [0, 0.1) is 5.92 Å². The van der Waals surface area contributed by atoms with Crippen molar-refractivity contribution in [3.8, 4) is 0 Å². The first-order valence-corrected chi connectivity index (χ1v) is 6.15. The Kier molecular flexibility index (Phi) is 4.46. The summed E-state index contributed by atoms with van der Waals surface area (Å²) < 4.78 is 5.37. The third kappa shape index (κ3) is 3.40. The van der Waals surface area contributed by atoms with E-state index < -0.39 is 0 Å². The lowest BCUT2D eigenvalue weighted by atomic mass is 10.0. The van der Waals surface area contributed by atoms with Gasteiger partial charge in [-0.15, -0.1) is 0 Å². The Labute approximate surface area is 106 Å². The maximum absolute atomic E-state index is 11.9. The lowest BCUT2D eigenvalue weighted by Crippen LogP contribution is -2.33. The maximum atomic E-state index is 11.9. The van der Waals surface area contributed by atoms with Crippen molar-refractivity contribution < 1.29 is 9.53 Å². The molecule has 2 heterocycles. The fourth-order valence-electron chi connectivity index (χ4n) is 1.89. The van der Waals surface area contributed by atoms with E-state index >= 15 is 0 Å². The molecule has 2 rings (SSSR count). The molecule has 0 radical (unpaired) electrons. The van der Waals surface area contributed by atoms with Gasteiger partial charge in [0.1, 0.15) is 11.5 Å². The number of nitrogens with one attached hydrogen (secondary N) is 2. The zero-order valence-corrected chi connectivity index (χ0v) is 10.5. The summed E-state index contributed by atoms with van der Waals surface area (Å²) in [6.07, 6.45) is 5.21. The molecule has 2 N–H and O–H groups in total. The van der Waals surface area contributed by atoms with Crippen molar-refractivity contribution in [2.75, 3.05) is 32.1 Å². The predicted molar refractivity (Wildman–Crippen MR) is 67.5 cm³/mol. The van der Waals surface area contributed by atoms with Crippen molar-refractivity contribution in [2.24, 2.45) is 5.92 Å². The van der Waals surface area contributed by atoms with Gasteiger partial charge in [0.15, 0.2) is 0 Å². The molecule has 1 atom stereocenters. The summed E-state index contributed by atoms with van der Waals surface area (Å²) in [5.74, 6) is 0.803. The van der Waals surface area contributed by atoms with Crippen LogP contribution in [0.15, 0.2) is 12.4 Å². The normalized spacial score (nSPS) is 19.3. The molecule has 6 heteroatoms. The van der Waals surface area contributed by atoms with E-state index in [1.165, 1.54) is 6.20 Å². The number of aromatic nitrogens is 2. The average Bonchev–Trinajstić information content (AvgIpc) is 2.46. The highest BCUT2D eigenvalue weighted by Crippen LogP contribution is 2.12. The molecular weight excluding hydrogens is 232 g/mol. The van der Waals surface area contributed by atoms with E-state index in [0.717, 1.165) is 26.1 Å². The first kappa shape index (κ1) is 12.8. The number of nitrogens with zero attached hydrogens (tertiary/aromatic N) is 2. The van der Waals surface area contributed by atoms with Gasteiger partial charge in [-0.25, -0.2) is 4.98 Å². The van der Waals surface area contributed by atoms with E-state index in [2.05, 4.69) is 20.6 Å². The van der Waals surface area contributed by atoms with Crippen molar-refractivity contribution in [1.29, 1.82) is 0 Å². The van der Waals surface area contributed by atoms with E-state index in [1.54, 1.807) is 13.2 Å². The lowest BCUT2D eigenvalue weighted by Gasteiger charge is -2.22. The first-order valence-electron chi connectivity index (χ1n) is 6.15. The molecule has 0 aliphatic carbocycles. The minimum atomic E-state index is -0.190.